The van der Waals surface area contributed by atoms with E-state index in [1.54, 1.807) is 0 Å². The largest absolute Gasteiger partial charge is 0.465 e. The van der Waals surface area contributed by atoms with Crippen molar-refractivity contribution in [2.75, 3.05) is 33.0 Å². The number of ether oxygens (including phenoxy) is 5. The molecule has 2 fully saturated rings. The van der Waals surface area contributed by atoms with Crippen LogP contribution in [0.2, 0.25) is 0 Å². The molecule has 2 saturated heterocycles. The molecule has 0 saturated carbocycles. The number of hydrogen-bond donors (Lipinski definition) is 1. The molecule has 2 aliphatic heterocycles. The predicted molar refractivity (Wildman–Crippen MR) is 134 cm³/mol. The summed E-state index contributed by atoms with van der Waals surface area (Å²) in [6.45, 7) is 11.5. The molecule has 0 spiro atoms. The summed E-state index contributed by atoms with van der Waals surface area (Å²) in [4.78, 5) is 45.4. The summed E-state index contributed by atoms with van der Waals surface area (Å²) in [7, 11) is 0. The van der Waals surface area contributed by atoms with E-state index in [1.807, 2.05) is 34.6 Å². The number of carbonyl (C=O) groups is 4. The van der Waals surface area contributed by atoms with Crippen LogP contribution >= 0.6 is 0 Å². The van der Waals surface area contributed by atoms with Gasteiger partial charge in [0, 0.05) is 13.0 Å². The fraction of sp³-hybridized carbons (Fsp3) is 0.852. The molecule has 1 N–H and O–H groups in total. The van der Waals surface area contributed by atoms with Gasteiger partial charge in [0.1, 0.15) is 0 Å². The highest BCUT2D eigenvalue weighted by atomic mass is 16.6. The summed E-state index contributed by atoms with van der Waals surface area (Å²) in [5, 5.41) is 9.80. The van der Waals surface area contributed by atoms with Crippen LogP contribution in [0.15, 0.2) is 0 Å². The topological polar surface area (TPSA) is 135 Å². The zero-order valence-electron chi connectivity index (χ0n) is 23.1. The minimum atomic E-state index is -0.692. The number of aliphatic hydroxyl groups excluding tert-OH is 1. The Morgan fingerprint density at radius 1 is 0.973 bits per heavy atom. The van der Waals surface area contributed by atoms with Crippen molar-refractivity contribution in [3.05, 3.63) is 0 Å². The molecule has 0 aromatic rings. The molecule has 0 amide bonds. The van der Waals surface area contributed by atoms with E-state index in [4.69, 9.17) is 23.7 Å². The summed E-state index contributed by atoms with van der Waals surface area (Å²) < 4.78 is 25.3. The number of esters is 4. The van der Waals surface area contributed by atoms with Crippen LogP contribution in [0.5, 0.6) is 0 Å². The summed E-state index contributed by atoms with van der Waals surface area (Å²) >= 11 is 0. The van der Waals surface area contributed by atoms with E-state index in [0.29, 0.717) is 58.7 Å². The van der Waals surface area contributed by atoms with Gasteiger partial charge in [0.05, 0.1) is 49.8 Å². The highest BCUT2D eigenvalue weighted by Gasteiger charge is 2.32. The average molecular weight is 531 g/mol. The molecule has 0 aromatic heterocycles. The smallest absolute Gasteiger partial charge is 0.335 e. The molecule has 10 nitrogen and oxygen atoms in total. The maximum Gasteiger partial charge on any atom is 0.335 e. The molecule has 2 rings (SSSR count). The maximum atomic E-state index is 11.7. The lowest BCUT2D eigenvalue weighted by molar-refractivity contribution is -0.154. The molecule has 10 heteroatoms. The summed E-state index contributed by atoms with van der Waals surface area (Å²) in [5.74, 6) is -1.44. The molecule has 0 radical (unpaired) electrons. The fourth-order valence-electron chi connectivity index (χ4n) is 3.40. The van der Waals surface area contributed by atoms with Crippen LogP contribution in [0.3, 0.4) is 0 Å². The maximum absolute atomic E-state index is 11.7. The molecule has 4 atom stereocenters. The molecular formula is C27H46O10. The molecule has 37 heavy (non-hydrogen) atoms. The lowest BCUT2D eigenvalue weighted by Crippen LogP contribution is -2.26. The number of hydrogen-bond acceptors (Lipinski definition) is 10. The van der Waals surface area contributed by atoms with Crippen LogP contribution in [-0.2, 0) is 42.9 Å². The Morgan fingerprint density at radius 3 is 2.16 bits per heavy atom. The van der Waals surface area contributed by atoms with Crippen LogP contribution in [0.1, 0.15) is 86.0 Å². The molecule has 214 valence electrons. The van der Waals surface area contributed by atoms with Gasteiger partial charge in [0.25, 0.3) is 0 Å². The average Bonchev–Trinajstić information content (AvgIpc) is 3.50. The fourth-order valence-corrected chi connectivity index (χ4v) is 3.40. The molecule has 4 unspecified atom stereocenters. The second-order valence-corrected chi connectivity index (χ2v) is 10.1. The Balaban J connectivity index is 0.000000371. The molecule has 2 aliphatic rings. The zero-order valence-corrected chi connectivity index (χ0v) is 23.1. The first-order valence-corrected chi connectivity index (χ1v) is 13.5. The van der Waals surface area contributed by atoms with Crippen molar-refractivity contribution in [3.63, 3.8) is 0 Å². The zero-order chi connectivity index (χ0) is 27.8. The number of aliphatic hydroxyl groups is 1. The van der Waals surface area contributed by atoms with E-state index in [0.717, 1.165) is 25.7 Å². The van der Waals surface area contributed by atoms with Gasteiger partial charge in [0.15, 0.2) is 6.10 Å². The van der Waals surface area contributed by atoms with Gasteiger partial charge >= 0.3 is 23.9 Å². The Bertz CT molecular complexity index is 720. The minimum absolute atomic E-state index is 0.0836. The van der Waals surface area contributed by atoms with Crippen molar-refractivity contribution in [3.8, 4) is 0 Å². The van der Waals surface area contributed by atoms with Crippen LogP contribution in [0.25, 0.3) is 0 Å². The highest BCUT2D eigenvalue weighted by molar-refractivity contribution is 5.76. The van der Waals surface area contributed by atoms with Crippen molar-refractivity contribution < 1.29 is 48.0 Å². The van der Waals surface area contributed by atoms with Gasteiger partial charge in [-0.1, -0.05) is 20.8 Å². The minimum Gasteiger partial charge on any atom is -0.465 e. The van der Waals surface area contributed by atoms with Crippen LogP contribution in [0, 0.1) is 17.3 Å². The van der Waals surface area contributed by atoms with Gasteiger partial charge in [-0.3, -0.25) is 14.4 Å². The molecule has 0 bridgehead atoms. The van der Waals surface area contributed by atoms with E-state index in [1.165, 1.54) is 0 Å². The van der Waals surface area contributed by atoms with Crippen molar-refractivity contribution in [2.45, 2.75) is 98.2 Å². The normalized spacial score (nSPS) is 20.8. The Morgan fingerprint density at radius 2 is 1.59 bits per heavy atom. The Labute approximate surface area is 220 Å². The third kappa shape index (κ3) is 12.3. The Hall–Kier alpha value is -2.20. The van der Waals surface area contributed by atoms with E-state index in [-0.39, 0.29) is 29.8 Å². The van der Waals surface area contributed by atoms with Gasteiger partial charge in [-0.2, -0.15) is 0 Å². The van der Waals surface area contributed by atoms with Crippen LogP contribution in [-0.4, -0.2) is 74.2 Å². The van der Waals surface area contributed by atoms with Crippen molar-refractivity contribution in [1.82, 2.24) is 0 Å². The monoisotopic (exact) mass is 530 g/mol. The van der Waals surface area contributed by atoms with E-state index in [9.17, 15) is 24.3 Å². The summed E-state index contributed by atoms with van der Waals surface area (Å²) in [6, 6.07) is 0. The number of cyclic esters (lactones) is 2. The lowest BCUT2D eigenvalue weighted by Gasteiger charge is -2.20. The molecule has 2 heterocycles. The van der Waals surface area contributed by atoms with Gasteiger partial charge < -0.3 is 28.8 Å². The van der Waals surface area contributed by atoms with Crippen LogP contribution in [0.4, 0.5) is 0 Å². The van der Waals surface area contributed by atoms with Gasteiger partial charge in [-0.25, -0.2) is 4.79 Å². The van der Waals surface area contributed by atoms with Crippen molar-refractivity contribution in [1.29, 1.82) is 0 Å². The quantitative estimate of drug-likeness (QED) is 0.191. The Kier molecular flexibility index (Phi) is 15.4. The number of rotatable bonds is 15. The SMILES string of the molecule is CCC(C)(C)C(=O)OCCCCOC1CCOC1=O.CCC(C)C(=O)OCCCC(O)C1CCOC1=O. The number of carbonyl (C=O) groups excluding carboxylic acids is 4. The van der Waals surface area contributed by atoms with E-state index < -0.39 is 23.5 Å². The van der Waals surface area contributed by atoms with E-state index in [2.05, 4.69) is 0 Å². The van der Waals surface area contributed by atoms with Gasteiger partial charge in [0.2, 0.25) is 0 Å². The summed E-state index contributed by atoms with van der Waals surface area (Å²) in [5.41, 5.74) is -0.413. The highest BCUT2D eigenvalue weighted by Crippen LogP contribution is 2.22. The lowest BCUT2D eigenvalue weighted by atomic mass is 9.91. The molecule has 0 aliphatic carbocycles. The first-order chi connectivity index (χ1) is 17.5. The van der Waals surface area contributed by atoms with Crippen LogP contribution < -0.4 is 0 Å². The first-order valence-electron chi connectivity index (χ1n) is 13.5. The third-order valence-electron chi connectivity index (χ3n) is 6.76. The first kappa shape index (κ1) is 32.8. The number of unbranched alkanes of at least 4 members (excludes halogenated alkanes) is 1. The molecule has 0 aromatic carbocycles. The summed E-state index contributed by atoms with van der Waals surface area (Å²) in [6.07, 6.45) is 4.17. The van der Waals surface area contributed by atoms with Gasteiger partial charge in [-0.05, 0) is 58.8 Å². The van der Waals surface area contributed by atoms with Crippen molar-refractivity contribution >= 4 is 23.9 Å². The van der Waals surface area contributed by atoms with Crippen molar-refractivity contribution in [2.24, 2.45) is 17.3 Å². The standard InChI is InChI=1S/C14H24O5.C13H22O5/c1-4-14(2,3)13(16)19-9-6-5-8-17-11-7-10-18-12(11)15;1-3-9(2)12(15)17-7-4-5-11(14)10-6-8-18-13(10)16/h11H,4-10H2,1-3H3;9-11,14H,3-8H2,1-2H3. The van der Waals surface area contributed by atoms with E-state index >= 15 is 0 Å². The third-order valence-corrected chi connectivity index (χ3v) is 6.76. The van der Waals surface area contributed by atoms with Gasteiger partial charge in [-0.15, -0.1) is 0 Å². The predicted octanol–water partition coefficient (Wildman–Crippen LogP) is 3.36. The molecular weight excluding hydrogens is 484 g/mol. The second-order valence-electron chi connectivity index (χ2n) is 10.1. The second kappa shape index (κ2) is 17.3.